The number of nitrogens with zero attached hydrogens (tertiary/aromatic N) is 1. The number of carboxylic acids is 1. The van der Waals surface area contributed by atoms with Crippen molar-refractivity contribution >= 4 is 23.5 Å². The van der Waals surface area contributed by atoms with E-state index in [9.17, 15) is 14.7 Å². The standard InChI is InChI=1S/C34H46ClNO5/c1-32(2,3)31(39)36(20-18-34(19-21-40-33(4,5)23-34)26-10-12-27(35)13-11-26)22-24-6-14-28(15-7-24)41-29-16-8-25(9-17-29)30(37)38/h6-7,10-15,25,29H,8-9,16-23H2,1-5H3,(H,37,38). The number of carboxylic acid groups (broad SMARTS) is 1. The summed E-state index contributed by atoms with van der Waals surface area (Å²) in [6, 6.07) is 16.2. The summed E-state index contributed by atoms with van der Waals surface area (Å²) in [6.07, 6.45) is 5.47. The molecule has 1 heterocycles. The molecule has 1 saturated carbocycles. The average molecular weight is 584 g/mol. The lowest BCUT2D eigenvalue weighted by atomic mass is 9.67. The molecule has 1 aliphatic carbocycles. The van der Waals surface area contributed by atoms with Crippen LogP contribution in [-0.2, 0) is 26.3 Å². The second-order valence-corrected chi connectivity index (χ2v) is 14.1. The Morgan fingerprint density at radius 2 is 1.66 bits per heavy atom. The highest BCUT2D eigenvalue weighted by molar-refractivity contribution is 6.30. The zero-order chi connectivity index (χ0) is 29.8. The van der Waals surface area contributed by atoms with E-state index < -0.39 is 11.4 Å². The topological polar surface area (TPSA) is 76.1 Å². The first-order chi connectivity index (χ1) is 19.3. The van der Waals surface area contributed by atoms with Crippen molar-refractivity contribution in [2.24, 2.45) is 11.3 Å². The van der Waals surface area contributed by atoms with Crippen molar-refractivity contribution in [3.05, 3.63) is 64.7 Å². The predicted molar refractivity (Wildman–Crippen MR) is 162 cm³/mol. The Kier molecular flexibility index (Phi) is 9.75. The van der Waals surface area contributed by atoms with E-state index >= 15 is 0 Å². The molecule has 6 nitrogen and oxygen atoms in total. The van der Waals surface area contributed by atoms with Crippen LogP contribution in [0.3, 0.4) is 0 Å². The summed E-state index contributed by atoms with van der Waals surface area (Å²) < 4.78 is 12.3. The van der Waals surface area contributed by atoms with Gasteiger partial charge in [-0.1, -0.05) is 56.6 Å². The largest absolute Gasteiger partial charge is 0.490 e. The van der Waals surface area contributed by atoms with Crippen molar-refractivity contribution in [2.45, 2.75) is 103 Å². The quantitative estimate of drug-likeness (QED) is 0.328. The molecule has 1 saturated heterocycles. The minimum atomic E-state index is -0.707. The van der Waals surface area contributed by atoms with E-state index in [1.165, 1.54) is 5.56 Å². The number of carbonyl (C=O) groups is 2. The summed E-state index contributed by atoms with van der Waals surface area (Å²) in [4.78, 5) is 26.9. The highest BCUT2D eigenvalue weighted by Gasteiger charge is 2.42. The zero-order valence-electron chi connectivity index (χ0n) is 25.2. The number of carbonyl (C=O) groups excluding carboxylic acids is 1. The molecule has 0 spiro atoms. The van der Waals surface area contributed by atoms with Gasteiger partial charge in [0.1, 0.15) is 5.75 Å². The SMILES string of the molecule is CC1(C)CC(CCN(Cc2ccc(OC3CCC(C(=O)O)CC3)cc2)C(=O)C(C)(C)C)(c2ccc(Cl)cc2)CCO1. The minimum absolute atomic E-state index is 0.0446. The summed E-state index contributed by atoms with van der Waals surface area (Å²) in [7, 11) is 0. The third-order valence-corrected chi connectivity index (χ3v) is 8.96. The molecule has 224 valence electrons. The van der Waals surface area contributed by atoms with Crippen LogP contribution < -0.4 is 4.74 Å². The van der Waals surface area contributed by atoms with Crippen LogP contribution in [0.25, 0.3) is 0 Å². The van der Waals surface area contributed by atoms with E-state index in [1.807, 2.05) is 62.1 Å². The number of halogens is 1. The molecular weight excluding hydrogens is 538 g/mol. The molecule has 1 unspecified atom stereocenters. The maximum absolute atomic E-state index is 13.7. The van der Waals surface area contributed by atoms with Crippen LogP contribution in [0.2, 0.25) is 5.02 Å². The van der Waals surface area contributed by atoms with Gasteiger partial charge < -0.3 is 19.5 Å². The molecule has 2 aliphatic rings. The third kappa shape index (κ3) is 8.26. The first-order valence-corrected chi connectivity index (χ1v) is 15.3. The maximum Gasteiger partial charge on any atom is 0.306 e. The lowest BCUT2D eigenvalue weighted by Crippen LogP contribution is -2.47. The van der Waals surface area contributed by atoms with Crippen LogP contribution in [0.1, 0.15) is 90.7 Å². The Labute approximate surface area is 250 Å². The van der Waals surface area contributed by atoms with Crippen molar-refractivity contribution < 1.29 is 24.2 Å². The van der Waals surface area contributed by atoms with Gasteiger partial charge in [-0.2, -0.15) is 0 Å². The van der Waals surface area contributed by atoms with E-state index in [0.29, 0.717) is 32.5 Å². The molecule has 1 amide bonds. The fourth-order valence-corrected chi connectivity index (χ4v) is 6.60. The van der Waals surface area contributed by atoms with Crippen LogP contribution in [0.15, 0.2) is 48.5 Å². The molecule has 2 aromatic carbocycles. The van der Waals surface area contributed by atoms with Crippen molar-refractivity contribution in [1.29, 1.82) is 0 Å². The highest BCUT2D eigenvalue weighted by Crippen LogP contribution is 2.44. The molecule has 2 aromatic rings. The number of ether oxygens (including phenoxy) is 2. The van der Waals surface area contributed by atoms with E-state index in [0.717, 1.165) is 48.4 Å². The van der Waals surface area contributed by atoms with Gasteiger partial charge in [-0.15, -0.1) is 0 Å². The van der Waals surface area contributed by atoms with Crippen molar-refractivity contribution in [1.82, 2.24) is 4.90 Å². The van der Waals surface area contributed by atoms with Gasteiger partial charge in [0.25, 0.3) is 0 Å². The molecule has 1 N–H and O–H groups in total. The van der Waals surface area contributed by atoms with Crippen molar-refractivity contribution in [3.8, 4) is 5.75 Å². The molecule has 41 heavy (non-hydrogen) atoms. The number of hydrogen-bond acceptors (Lipinski definition) is 4. The Bertz CT molecular complexity index is 1180. The van der Waals surface area contributed by atoms with Crippen molar-refractivity contribution in [2.75, 3.05) is 13.2 Å². The fraction of sp³-hybridized carbons (Fsp3) is 0.588. The molecule has 0 aromatic heterocycles. The normalized spacial score (nSPS) is 24.4. The zero-order valence-corrected chi connectivity index (χ0v) is 26.0. The summed E-state index contributed by atoms with van der Waals surface area (Å²) >= 11 is 6.24. The van der Waals surface area contributed by atoms with Gasteiger partial charge in [0.15, 0.2) is 0 Å². The van der Waals surface area contributed by atoms with Gasteiger partial charge in [-0.05, 0) is 94.2 Å². The minimum Gasteiger partial charge on any atom is -0.490 e. The van der Waals surface area contributed by atoms with Crippen LogP contribution in [0.4, 0.5) is 0 Å². The van der Waals surface area contributed by atoms with Crippen LogP contribution in [0, 0.1) is 11.3 Å². The molecule has 0 radical (unpaired) electrons. The van der Waals surface area contributed by atoms with E-state index in [2.05, 4.69) is 26.0 Å². The summed E-state index contributed by atoms with van der Waals surface area (Å²) in [6.45, 7) is 12.1. The first kappa shape index (κ1) is 31.4. The van der Waals surface area contributed by atoms with Gasteiger partial charge in [0, 0.05) is 35.5 Å². The molecular formula is C34H46ClNO5. The second kappa shape index (κ2) is 12.7. The average Bonchev–Trinajstić information content (AvgIpc) is 2.91. The van der Waals surface area contributed by atoms with Gasteiger partial charge in [0.05, 0.1) is 17.6 Å². The maximum atomic E-state index is 13.7. The third-order valence-electron chi connectivity index (χ3n) is 8.71. The Hall–Kier alpha value is -2.57. The number of benzene rings is 2. The number of rotatable bonds is 9. The van der Waals surface area contributed by atoms with E-state index in [1.54, 1.807) is 0 Å². The van der Waals surface area contributed by atoms with Crippen LogP contribution >= 0.6 is 11.6 Å². The van der Waals surface area contributed by atoms with E-state index in [-0.39, 0.29) is 28.9 Å². The molecule has 1 atom stereocenters. The van der Waals surface area contributed by atoms with Gasteiger partial charge in [-0.3, -0.25) is 9.59 Å². The lowest BCUT2D eigenvalue weighted by Gasteiger charge is -2.46. The summed E-state index contributed by atoms with van der Waals surface area (Å²) in [5.41, 5.74) is 1.44. The van der Waals surface area contributed by atoms with Gasteiger partial charge in [0.2, 0.25) is 5.91 Å². The monoisotopic (exact) mass is 583 g/mol. The van der Waals surface area contributed by atoms with Gasteiger partial charge in [-0.25, -0.2) is 0 Å². The van der Waals surface area contributed by atoms with Crippen LogP contribution in [-0.4, -0.2) is 46.7 Å². The Balaban J connectivity index is 1.47. The smallest absolute Gasteiger partial charge is 0.306 e. The fourth-order valence-electron chi connectivity index (χ4n) is 6.47. The number of aliphatic carboxylic acids is 1. The summed E-state index contributed by atoms with van der Waals surface area (Å²) in [5.74, 6) is -0.0469. The molecule has 7 heteroatoms. The molecule has 0 bridgehead atoms. The van der Waals surface area contributed by atoms with Crippen molar-refractivity contribution in [3.63, 3.8) is 0 Å². The molecule has 2 fully saturated rings. The Morgan fingerprint density at radius 3 is 2.22 bits per heavy atom. The molecule has 1 aliphatic heterocycles. The summed E-state index contributed by atoms with van der Waals surface area (Å²) in [5, 5.41) is 9.97. The Morgan fingerprint density at radius 1 is 1.02 bits per heavy atom. The lowest BCUT2D eigenvalue weighted by molar-refractivity contribution is -0.143. The van der Waals surface area contributed by atoms with Gasteiger partial charge >= 0.3 is 5.97 Å². The number of amides is 1. The molecule has 4 rings (SSSR count). The first-order valence-electron chi connectivity index (χ1n) is 14.9. The van der Waals surface area contributed by atoms with Crippen LogP contribution in [0.5, 0.6) is 5.75 Å². The second-order valence-electron chi connectivity index (χ2n) is 13.6. The van der Waals surface area contributed by atoms with E-state index in [4.69, 9.17) is 21.1 Å². The number of hydrogen-bond donors (Lipinski definition) is 1. The highest BCUT2D eigenvalue weighted by atomic mass is 35.5. The predicted octanol–water partition coefficient (Wildman–Crippen LogP) is 7.65.